The molecule has 0 unspecified atom stereocenters. The molecule has 0 amide bonds. The minimum atomic E-state index is -0.937. The molecule has 0 aliphatic rings. The van der Waals surface area contributed by atoms with E-state index in [1.807, 2.05) is 16.7 Å². The summed E-state index contributed by atoms with van der Waals surface area (Å²) in [6.07, 6.45) is 1.73. The van der Waals surface area contributed by atoms with Crippen molar-refractivity contribution in [2.75, 3.05) is 0 Å². The van der Waals surface area contributed by atoms with E-state index >= 15 is 0 Å². The molecule has 2 aromatic carbocycles. The second-order valence-corrected chi connectivity index (χ2v) is 5.37. The highest BCUT2D eigenvalue weighted by Gasteiger charge is 2.09. The summed E-state index contributed by atoms with van der Waals surface area (Å²) in [5.74, 6) is -0.480. The van der Waals surface area contributed by atoms with Gasteiger partial charge in [0.05, 0.1) is 16.6 Å². The predicted molar refractivity (Wildman–Crippen MR) is 82.1 cm³/mol. The summed E-state index contributed by atoms with van der Waals surface area (Å²) in [7, 11) is 0. The van der Waals surface area contributed by atoms with Crippen LogP contribution in [0.5, 0.6) is 0 Å². The molecular formula is C17H16N2O2. The van der Waals surface area contributed by atoms with Crippen molar-refractivity contribution in [2.24, 2.45) is 0 Å². The number of aromatic carboxylic acids is 1. The van der Waals surface area contributed by atoms with Crippen molar-refractivity contribution < 1.29 is 9.90 Å². The molecule has 106 valence electrons. The fourth-order valence-electron chi connectivity index (χ4n) is 2.39. The van der Waals surface area contributed by atoms with Crippen LogP contribution in [0.3, 0.4) is 0 Å². The van der Waals surface area contributed by atoms with Gasteiger partial charge in [0.2, 0.25) is 0 Å². The molecule has 4 heteroatoms. The lowest BCUT2D eigenvalue weighted by molar-refractivity contribution is 0.0697. The SMILES string of the molecule is CC(C)c1cccc(-n2cnc3cc(C(=O)O)ccc32)c1. The number of carboxylic acids is 1. The number of hydrogen-bond acceptors (Lipinski definition) is 2. The van der Waals surface area contributed by atoms with Crippen LogP contribution in [-0.4, -0.2) is 20.6 Å². The maximum Gasteiger partial charge on any atom is 0.335 e. The number of nitrogens with zero attached hydrogens (tertiary/aromatic N) is 2. The predicted octanol–water partition coefficient (Wildman–Crippen LogP) is 3.85. The van der Waals surface area contributed by atoms with Crippen LogP contribution in [0.2, 0.25) is 0 Å². The summed E-state index contributed by atoms with van der Waals surface area (Å²) in [6.45, 7) is 4.31. The van der Waals surface area contributed by atoms with E-state index in [-0.39, 0.29) is 5.56 Å². The van der Waals surface area contributed by atoms with Crippen LogP contribution < -0.4 is 0 Å². The third-order valence-corrected chi connectivity index (χ3v) is 3.61. The quantitative estimate of drug-likeness (QED) is 0.793. The Morgan fingerprint density at radius 1 is 1.19 bits per heavy atom. The van der Waals surface area contributed by atoms with Gasteiger partial charge in [0, 0.05) is 5.69 Å². The van der Waals surface area contributed by atoms with E-state index in [4.69, 9.17) is 5.11 Å². The van der Waals surface area contributed by atoms with Gasteiger partial charge in [0.25, 0.3) is 0 Å². The van der Waals surface area contributed by atoms with Gasteiger partial charge in [-0.3, -0.25) is 4.57 Å². The maximum absolute atomic E-state index is 11.0. The third-order valence-electron chi connectivity index (χ3n) is 3.61. The first kappa shape index (κ1) is 13.4. The number of carbonyl (C=O) groups is 1. The smallest absolute Gasteiger partial charge is 0.335 e. The van der Waals surface area contributed by atoms with Crippen LogP contribution in [0.1, 0.15) is 35.7 Å². The van der Waals surface area contributed by atoms with Gasteiger partial charge in [0.1, 0.15) is 6.33 Å². The van der Waals surface area contributed by atoms with Gasteiger partial charge in [-0.1, -0.05) is 26.0 Å². The summed E-state index contributed by atoms with van der Waals surface area (Å²) in [6, 6.07) is 13.3. The van der Waals surface area contributed by atoms with E-state index in [9.17, 15) is 4.79 Å². The molecule has 0 saturated heterocycles. The number of rotatable bonds is 3. The first-order valence-corrected chi connectivity index (χ1v) is 6.87. The van der Waals surface area contributed by atoms with E-state index < -0.39 is 5.97 Å². The monoisotopic (exact) mass is 280 g/mol. The Bertz CT molecular complexity index is 819. The van der Waals surface area contributed by atoms with Crippen LogP contribution in [0.25, 0.3) is 16.7 Å². The van der Waals surface area contributed by atoms with E-state index in [2.05, 4.69) is 31.0 Å². The summed E-state index contributed by atoms with van der Waals surface area (Å²) in [4.78, 5) is 15.3. The Kier molecular flexibility index (Phi) is 3.22. The number of imidazole rings is 1. The van der Waals surface area contributed by atoms with Gasteiger partial charge in [-0.05, 0) is 41.8 Å². The molecule has 0 bridgehead atoms. The van der Waals surface area contributed by atoms with E-state index in [0.29, 0.717) is 11.4 Å². The van der Waals surface area contributed by atoms with Crippen molar-refractivity contribution in [3.8, 4) is 5.69 Å². The fraction of sp³-hybridized carbons (Fsp3) is 0.176. The normalized spacial score (nSPS) is 11.2. The minimum absolute atomic E-state index is 0.253. The lowest BCUT2D eigenvalue weighted by Crippen LogP contribution is -1.97. The Balaban J connectivity index is 2.13. The Labute approximate surface area is 122 Å². The van der Waals surface area contributed by atoms with Crippen molar-refractivity contribution in [3.63, 3.8) is 0 Å². The zero-order chi connectivity index (χ0) is 15.0. The molecule has 1 N–H and O–H groups in total. The second kappa shape index (κ2) is 5.05. The highest BCUT2D eigenvalue weighted by atomic mass is 16.4. The molecule has 0 fully saturated rings. The molecule has 0 aliphatic carbocycles. The zero-order valence-corrected chi connectivity index (χ0v) is 11.9. The number of fused-ring (bicyclic) bond motifs is 1. The Morgan fingerprint density at radius 3 is 2.71 bits per heavy atom. The topological polar surface area (TPSA) is 55.1 Å². The molecule has 0 radical (unpaired) electrons. The van der Waals surface area contributed by atoms with Crippen LogP contribution in [-0.2, 0) is 0 Å². The number of aromatic nitrogens is 2. The summed E-state index contributed by atoms with van der Waals surface area (Å²) in [5, 5.41) is 9.03. The molecular weight excluding hydrogens is 264 g/mol. The second-order valence-electron chi connectivity index (χ2n) is 5.37. The molecule has 0 atom stereocenters. The zero-order valence-electron chi connectivity index (χ0n) is 11.9. The summed E-state index contributed by atoms with van der Waals surface area (Å²) in [5.41, 5.74) is 4.14. The average molecular weight is 280 g/mol. The molecule has 1 heterocycles. The van der Waals surface area contributed by atoms with Gasteiger partial charge < -0.3 is 5.11 Å². The molecule has 21 heavy (non-hydrogen) atoms. The van der Waals surface area contributed by atoms with Gasteiger partial charge in [-0.15, -0.1) is 0 Å². The number of carboxylic acid groups (broad SMARTS) is 1. The van der Waals surface area contributed by atoms with Crippen molar-refractivity contribution in [1.29, 1.82) is 0 Å². The van der Waals surface area contributed by atoms with Crippen molar-refractivity contribution in [3.05, 3.63) is 59.9 Å². The lowest BCUT2D eigenvalue weighted by atomic mass is 10.0. The third kappa shape index (κ3) is 2.40. The van der Waals surface area contributed by atoms with Gasteiger partial charge in [-0.25, -0.2) is 9.78 Å². The molecule has 3 aromatic rings. The molecule has 4 nitrogen and oxygen atoms in total. The van der Waals surface area contributed by atoms with E-state index in [0.717, 1.165) is 11.2 Å². The molecule has 1 aromatic heterocycles. The summed E-state index contributed by atoms with van der Waals surface area (Å²) < 4.78 is 1.98. The van der Waals surface area contributed by atoms with Gasteiger partial charge >= 0.3 is 5.97 Å². The van der Waals surface area contributed by atoms with Crippen LogP contribution in [0.15, 0.2) is 48.8 Å². The van der Waals surface area contributed by atoms with Gasteiger partial charge in [-0.2, -0.15) is 0 Å². The van der Waals surface area contributed by atoms with Crippen LogP contribution >= 0.6 is 0 Å². The van der Waals surface area contributed by atoms with Crippen molar-refractivity contribution in [2.45, 2.75) is 19.8 Å². The fourth-order valence-corrected chi connectivity index (χ4v) is 2.39. The average Bonchev–Trinajstić information content (AvgIpc) is 2.90. The van der Waals surface area contributed by atoms with Crippen molar-refractivity contribution >= 4 is 17.0 Å². The maximum atomic E-state index is 11.0. The van der Waals surface area contributed by atoms with E-state index in [1.165, 1.54) is 5.56 Å². The molecule has 0 aliphatic heterocycles. The number of hydrogen-bond donors (Lipinski definition) is 1. The highest BCUT2D eigenvalue weighted by Crippen LogP contribution is 2.22. The lowest BCUT2D eigenvalue weighted by Gasteiger charge is -2.09. The Hall–Kier alpha value is -2.62. The minimum Gasteiger partial charge on any atom is -0.478 e. The molecule has 0 saturated carbocycles. The van der Waals surface area contributed by atoms with Gasteiger partial charge in [0.15, 0.2) is 0 Å². The Morgan fingerprint density at radius 2 is 2.00 bits per heavy atom. The van der Waals surface area contributed by atoms with Crippen LogP contribution in [0, 0.1) is 0 Å². The number of benzene rings is 2. The van der Waals surface area contributed by atoms with E-state index in [1.54, 1.807) is 24.5 Å². The first-order valence-electron chi connectivity index (χ1n) is 6.87. The highest BCUT2D eigenvalue weighted by molar-refractivity contribution is 5.92. The first-order chi connectivity index (χ1) is 10.1. The largest absolute Gasteiger partial charge is 0.478 e. The van der Waals surface area contributed by atoms with Crippen LogP contribution in [0.4, 0.5) is 0 Å². The summed E-state index contributed by atoms with van der Waals surface area (Å²) >= 11 is 0. The molecule has 0 spiro atoms. The van der Waals surface area contributed by atoms with Crippen molar-refractivity contribution in [1.82, 2.24) is 9.55 Å². The molecule has 3 rings (SSSR count). The standard InChI is InChI=1S/C17H16N2O2/c1-11(2)12-4-3-5-14(8-12)19-10-18-15-9-13(17(20)21)6-7-16(15)19/h3-11H,1-2H3,(H,20,21).